The molecule has 1 rings (SSSR count). The van der Waals surface area contributed by atoms with Crippen molar-refractivity contribution < 1.29 is 9.53 Å². The Morgan fingerprint density at radius 2 is 2.20 bits per heavy atom. The van der Waals surface area contributed by atoms with Crippen LogP contribution in [0.2, 0.25) is 0 Å². The summed E-state index contributed by atoms with van der Waals surface area (Å²) in [5.74, 6) is 1.12. The predicted molar refractivity (Wildman–Crippen MR) is 86.4 cm³/mol. The summed E-state index contributed by atoms with van der Waals surface area (Å²) in [5, 5.41) is 3.59. The number of hydrogen-bond donors (Lipinski definition) is 1. The first-order valence-corrected chi connectivity index (χ1v) is 8.98. The lowest BCUT2D eigenvalue weighted by Gasteiger charge is -2.29. The third kappa shape index (κ3) is 5.92. The van der Waals surface area contributed by atoms with Crippen LogP contribution in [0.3, 0.4) is 0 Å². The van der Waals surface area contributed by atoms with Crippen molar-refractivity contribution in [3.8, 4) is 0 Å². The maximum absolute atomic E-state index is 12.2. The Labute approximate surface area is 128 Å². The van der Waals surface area contributed by atoms with Crippen LogP contribution in [0, 0.1) is 0 Å². The van der Waals surface area contributed by atoms with Gasteiger partial charge in [0.1, 0.15) is 5.60 Å². The van der Waals surface area contributed by atoms with Gasteiger partial charge in [0.15, 0.2) is 0 Å². The van der Waals surface area contributed by atoms with Crippen LogP contribution in [0.5, 0.6) is 0 Å². The molecule has 1 aliphatic heterocycles. The van der Waals surface area contributed by atoms with Gasteiger partial charge in [-0.15, -0.1) is 0 Å². The van der Waals surface area contributed by atoms with Crippen LogP contribution in [-0.4, -0.2) is 53.8 Å². The number of nitrogens with zero attached hydrogens (tertiary/aromatic N) is 1. The highest BCUT2D eigenvalue weighted by atomic mass is 32.2. The summed E-state index contributed by atoms with van der Waals surface area (Å²) < 4.78 is 5.49. The van der Waals surface area contributed by atoms with E-state index in [2.05, 4.69) is 18.5 Å². The van der Waals surface area contributed by atoms with Gasteiger partial charge in [0.05, 0.1) is 0 Å². The quantitative estimate of drug-likeness (QED) is 0.818. The van der Waals surface area contributed by atoms with E-state index in [0.717, 1.165) is 38.1 Å². The van der Waals surface area contributed by atoms with E-state index in [1.54, 1.807) is 0 Å². The molecule has 0 aromatic carbocycles. The summed E-state index contributed by atoms with van der Waals surface area (Å²) in [4.78, 5) is 14.1. The Morgan fingerprint density at radius 3 is 2.75 bits per heavy atom. The lowest BCUT2D eigenvalue weighted by Crippen LogP contribution is -2.46. The van der Waals surface area contributed by atoms with Crippen molar-refractivity contribution in [3.05, 3.63) is 0 Å². The molecular weight excluding hydrogens is 272 g/mol. The van der Waals surface area contributed by atoms with Gasteiger partial charge in [-0.25, -0.2) is 4.79 Å². The van der Waals surface area contributed by atoms with Crippen molar-refractivity contribution in [2.75, 3.05) is 25.1 Å². The summed E-state index contributed by atoms with van der Waals surface area (Å²) >= 11 is 1.86. The summed E-state index contributed by atoms with van der Waals surface area (Å²) in [5.41, 5.74) is -0.414. The standard InChI is InChI=1S/C15H30N2O2S/c1-6-12(11-20-5)16-10-13-8-7-9-17(13)14(18)19-15(2,3)4/h12-13,16H,6-11H2,1-5H3. The van der Waals surface area contributed by atoms with E-state index in [9.17, 15) is 4.79 Å². The lowest BCUT2D eigenvalue weighted by molar-refractivity contribution is 0.0225. The Morgan fingerprint density at radius 1 is 1.50 bits per heavy atom. The van der Waals surface area contributed by atoms with Gasteiger partial charge in [0.2, 0.25) is 0 Å². The van der Waals surface area contributed by atoms with Crippen molar-refractivity contribution in [2.24, 2.45) is 0 Å². The van der Waals surface area contributed by atoms with E-state index < -0.39 is 5.60 Å². The smallest absolute Gasteiger partial charge is 0.410 e. The van der Waals surface area contributed by atoms with Crippen LogP contribution >= 0.6 is 11.8 Å². The molecule has 1 aliphatic rings. The number of ether oxygens (including phenoxy) is 1. The summed E-state index contributed by atoms with van der Waals surface area (Å²) in [7, 11) is 0. The minimum Gasteiger partial charge on any atom is -0.444 e. The SMILES string of the molecule is CCC(CSC)NCC1CCCN1C(=O)OC(C)(C)C. The molecule has 1 heterocycles. The molecule has 2 unspecified atom stereocenters. The zero-order valence-electron chi connectivity index (χ0n) is 13.6. The molecule has 5 heteroatoms. The molecule has 1 saturated heterocycles. The summed E-state index contributed by atoms with van der Waals surface area (Å²) in [6.07, 6.45) is 5.24. The third-order valence-corrected chi connectivity index (χ3v) is 4.24. The van der Waals surface area contributed by atoms with Crippen molar-refractivity contribution in [2.45, 2.75) is 64.6 Å². The minimum atomic E-state index is -0.414. The molecule has 0 saturated carbocycles. The number of amides is 1. The highest BCUT2D eigenvalue weighted by Crippen LogP contribution is 2.20. The van der Waals surface area contributed by atoms with Crippen LogP contribution in [0.1, 0.15) is 47.0 Å². The second kappa shape index (κ2) is 8.13. The van der Waals surface area contributed by atoms with Crippen molar-refractivity contribution in [1.29, 1.82) is 0 Å². The molecule has 0 bridgehead atoms. The molecule has 0 aliphatic carbocycles. The molecule has 1 amide bonds. The molecular formula is C15H30N2O2S. The van der Waals surface area contributed by atoms with Crippen LogP contribution < -0.4 is 5.32 Å². The fourth-order valence-electron chi connectivity index (χ4n) is 2.43. The molecule has 1 fully saturated rings. The highest BCUT2D eigenvalue weighted by molar-refractivity contribution is 7.98. The average molecular weight is 302 g/mol. The van der Waals surface area contributed by atoms with Gasteiger partial charge in [0, 0.05) is 30.9 Å². The number of carbonyl (C=O) groups is 1. The Hall–Kier alpha value is -0.420. The normalized spacial score (nSPS) is 21.1. The zero-order valence-corrected chi connectivity index (χ0v) is 14.4. The predicted octanol–water partition coefficient (Wildman–Crippen LogP) is 3.12. The number of rotatable bonds is 6. The number of hydrogen-bond acceptors (Lipinski definition) is 4. The van der Waals surface area contributed by atoms with Crippen LogP contribution in [0.15, 0.2) is 0 Å². The van der Waals surface area contributed by atoms with Gasteiger partial charge in [-0.05, 0) is 46.3 Å². The molecule has 0 spiro atoms. The molecule has 118 valence electrons. The molecule has 1 N–H and O–H groups in total. The highest BCUT2D eigenvalue weighted by Gasteiger charge is 2.32. The van der Waals surface area contributed by atoms with Crippen LogP contribution in [-0.2, 0) is 4.74 Å². The molecule has 4 nitrogen and oxygen atoms in total. The fraction of sp³-hybridized carbons (Fsp3) is 0.933. The number of thioether (sulfide) groups is 1. The van der Waals surface area contributed by atoms with Gasteiger partial charge in [-0.2, -0.15) is 11.8 Å². The maximum atomic E-state index is 12.2. The number of carbonyl (C=O) groups excluding carboxylic acids is 1. The second-order valence-corrected chi connectivity index (χ2v) is 7.35. The van der Waals surface area contributed by atoms with Crippen molar-refractivity contribution in [1.82, 2.24) is 10.2 Å². The monoisotopic (exact) mass is 302 g/mol. The van der Waals surface area contributed by atoms with E-state index in [4.69, 9.17) is 4.74 Å². The van der Waals surface area contributed by atoms with Crippen molar-refractivity contribution >= 4 is 17.9 Å². The second-order valence-electron chi connectivity index (χ2n) is 6.44. The van der Waals surface area contributed by atoms with E-state index in [1.807, 2.05) is 37.4 Å². The lowest BCUT2D eigenvalue weighted by atomic mass is 10.2. The van der Waals surface area contributed by atoms with Gasteiger partial charge in [0.25, 0.3) is 0 Å². The third-order valence-electron chi connectivity index (χ3n) is 3.51. The van der Waals surface area contributed by atoms with Crippen LogP contribution in [0.4, 0.5) is 4.79 Å². The zero-order chi connectivity index (χ0) is 15.2. The minimum absolute atomic E-state index is 0.167. The van der Waals surface area contributed by atoms with E-state index >= 15 is 0 Å². The van der Waals surface area contributed by atoms with E-state index in [-0.39, 0.29) is 12.1 Å². The molecule has 0 aromatic rings. The topological polar surface area (TPSA) is 41.6 Å². The summed E-state index contributed by atoms with van der Waals surface area (Å²) in [6, 6.07) is 0.812. The molecule has 20 heavy (non-hydrogen) atoms. The van der Waals surface area contributed by atoms with Gasteiger partial charge in [-0.1, -0.05) is 6.92 Å². The first kappa shape index (κ1) is 17.6. The van der Waals surface area contributed by atoms with Gasteiger partial charge >= 0.3 is 6.09 Å². The van der Waals surface area contributed by atoms with E-state index in [1.165, 1.54) is 0 Å². The maximum Gasteiger partial charge on any atom is 0.410 e. The molecule has 0 aromatic heterocycles. The number of nitrogens with one attached hydrogen (secondary N) is 1. The van der Waals surface area contributed by atoms with Gasteiger partial charge in [-0.3, -0.25) is 0 Å². The molecule has 2 atom stereocenters. The Bertz CT molecular complexity index is 305. The van der Waals surface area contributed by atoms with Crippen molar-refractivity contribution in [3.63, 3.8) is 0 Å². The average Bonchev–Trinajstić information content (AvgIpc) is 2.80. The Balaban J connectivity index is 2.46. The van der Waals surface area contributed by atoms with E-state index in [0.29, 0.717) is 6.04 Å². The first-order valence-electron chi connectivity index (χ1n) is 7.59. The fourth-order valence-corrected chi connectivity index (χ4v) is 3.19. The Kier molecular flexibility index (Phi) is 7.17. The molecule has 0 radical (unpaired) electrons. The summed E-state index contributed by atoms with van der Waals surface area (Å²) in [6.45, 7) is 9.65. The van der Waals surface area contributed by atoms with Gasteiger partial charge < -0.3 is 15.0 Å². The first-order chi connectivity index (χ1) is 9.37. The van der Waals surface area contributed by atoms with Crippen LogP contribution in [0.25, 0.3) is 0 Å². The largest absolute Gasteiger partial charge is 0.444 e. The number of likely N-dealkylation sites (tertiary alicyclic amines) is 1.